The van der Waals surface area contributed by atoms with Crippen molar-refractivity contribution in [3.05, 3.63) is 0 Å². The zero-order chi connectivity index (χ0) is 18.4. The zero-order valence-corrected chi connectivity index (χ0v) is 16.8. The molecule has 4 atom stereocenters. The standard InChI is InChI=1S/C11H21NO.C10H17NO2/c1-13-9-10-5-4-8-12-7-3-2-6-11(10)12;1-13-9-5-6-10(12)11-7-3-2-4-8(9)11/h10-11H,2-9H2,1H3;8-9H,2-7H2,1H3. The average Bonchev–Trinajstić information content (AvgIpc) is 2.70. The summed E-state index contributed by atoms with van der Waals surface area (Å²) in [6.45, 7) is 4.60. The summed E-state index contributed by atoms with van der Waals surface area (Å²) >= 11 is 0. The van der Waals surface area contributed by atoms with Crippen LogP contribution < -0.4 is 0 Å². The smallest absolute Gasteiger partial charge is 0.223 e. The van der Waals surface area contributed by atoms with Gasteiger partial charge in [-0.3, -0.25) is 4.79 Å². The number of hydrogen-bond donors (Lipinski definition) is 0. The van der Waals surface area contributed by atoms with E-state index in [4.69, 9.17) is 9.47 Å². The Balaban J connectivity index is 0.000000151. The molecule has 0 aromatic heterocycles. The van der Waals surface area contributed by atoms with Gasteiger partial charge in [0.15, 0.2) is 0 Å². The maximum atomic E-state index is 11.6. The highest BCUT2D eigenvalue weighted by Gasteiger charge is 2.37. The van der Waals surface area contributed by atoms with Crippen LogP contribution in [-0.2, 0) is 14.3 Å². The molecular formula is C21H38N2O3. The Morgan fingerprint density at radius 3 is 2.38 bits per heavy atom. The first-order chi connectivity index (χ1) is 12.7. The lowest BCUT2D eigenvalue weighted by Gasteiger charge is -2.44. The van der Waals surface area contributed by atoms with E-state index in [1.165, 1.54) is 58.0 Å². The van der Waals surface area contributed by atoms with Crippen LogP contribution in [0.3, 0.4) is 0 Å². The molecule has 0 aromatic rings. The van der Waals surface area contributed by atoms with E-state index in [0.29, 0.717) is 18.4 Å². The van der Waals surface area contributed by atoms with E-state index in [1.807, 2.05) is 12.0 Å². The van der Waals surface area contributed by atoms with Gasteiger partial charge >= 0.3 is 0 Å². The number of hydrogen-bond acceptors (Lipinski definition) is 4. The topological polar surface area (TPSA) is 42.0 Å². The number of rotatable bonds is 3. The Kier molecular flexibility index (Phi) is 7.77. The molecule has 0 saturated carbocycles. The minimum absolute atomic E-state index is 0.290. The second-order valence-electron chi connectivity index (χ2n) is 8.42. The third kappa shape index (κ3) is 4.79. The highest BCUT2D eigenvalue weighted by molar-refractivity contribution is 5.77. The van der Waals surface area contributed by atoms with Crippen LogP contribution in [0.1, 0.15) is 64.2 Å². The molecule has 4 aliphatic heterocycles. The molecule has 4 saturated heterocycles. The summed E-state index contributed by atoms with van der Waals surface area (Å²) in [5.74, 6) is 1.15. The Morgan fingerprint density at radius 1 is 0.885 bits per heavy atom. The molecule has 4 heterocycles. The number of ether oxygens (including phenoxy) is 2. The van der Waals surface area contributed by atoms with E-state index < -0.39 is 0 Å². The van der Waals surface area contributed by atoms with Crippen molar-refractivity contribution in [2.24, 2.45) is 5.92 Å². The molecule has 26 heavy (non-hydrogen) atoms. The molecule has 1 amide bonds. The van der Waals surface area contributed by atoms with Crippen LogP contribution in [0.5, 0.6) is 0 Å². The first-order valence-corrected chi connectivity index (χ1v) is 10.8. The van der Waals surface area contributed by atoms with Gasteiger partial charge in [0, 0.05) is 33.2 Å². The molecule has 150 valence electrons. The summed E-state index contributed by atoms with van der Waals surface area (Å²) in [4.78, 5) is 16.3. The fourth-order valence-corrected chi connectivity index (χ4v) is 5.52. The summed E-state index contributed by atoms with van der Waals surface area (Å²) in [5.41, 5.74) is 0. The van der Waals surface area contributed by atoms with E-state index in [9.17, 15) is 4.79 Å². The lowest BCUT2D eigenvalue weighted by molar-refractivity contribution is -0.145. The fraction of sp³-hybridized carbons (Fsp3) is 0.952. The van der Waals surface area contributed by atoms with Crippen LogP contribution in [-0.4, -0.2) is 74.4 Å². The predicted molar refractivity (Wildman–Crippen MR) is 103 cm³/mol. The number of carbonyl (C=O) groups is 1. The minimum Gasteiger partial charge on any atom is -0.384 e. The molecule has 4 aliphatic rings. The molecule has 4 rings (SSSR count). The lowest BCUT2D eigenvalue weighted by Crippen LogP contribution is -2.53. The van der Waals surface area contributed by atoms with E-state index in [2.05, 4.69) is 4.90 Å². The first kappa shape index (κ1) is 20.1. The predicted octanol–water partition coefficient (Wildman–Crippen LogP) is 3.07. The fourth-order valence-electron chi connectivity index (χ4n) is 5.52. The van der Waals surface area contributed by atoms with Crippen LogP contribution in [0.2, 0.25) is 0 Å². The Morgan fingerprint density at radius 2 is 1.62 bits per heavy atom. The Labute approximate surface area is 159 Å². The van der Waals surface area contributed by atoms with Crippen molar-refractivity contribution in [3.63, 3.8) is 0 Å². The molecular weight excluding hydrogens is 328 g/mol. The van der Waals surface area contributed by atoms with Gasteiger partial charge in [0.05, 0.1) is 18.8 Å². The molecule has 4 fully saturated rings. The van der Waals surface area contributed by atoms with Crippen molar-refractivity contribution >= 4 is 5.91 Å². The third-order valence-electron chi connectivity index (χ3n) is 6.85. The van der Waals surface area contributed by atoms with Crippen LogP contribution in [0, 0.1) is 5.92 Å². The summed E-state index contributed by atoms with van der Waals surface area (Å²) in [6, 6.07) is 1.22. The normalized spacial score (nSPS) is 35.2. The molecule has 0 spiro atoms. The van der Waals surface area contributed by atoms with Crippen molar-refractivity contribution in [3.8, 4) is 0 Å². The molecule has 4 unspecified atom stereocenters. The number of fused-ring (bicyclic) bond motifs is 2. The van der Waals surface area contributed by atoms with Crippen molar-refractivity contribution in [2.75, 3.05) is 40.5 Å². The van der Waals surface area contributed by atoms with Crippen molar-refractivity contribution in [1.82, 2.24) is 9.80 Å². The van der Waals surface area contributed by atoms with Gasteiger partial charge in [0.25, 0.3) is 0 Å². The Hall–Kier alpha value is -0.650. The van der Waals surface area contributed by atoms with Crippen molar-refractivity contribution in [1.29, 1.82) is 0 Å². The van der Waals surface area contributed by atoms with Crippen LogP contribution >= 0.6 is 0 Å². The molecule has 0 N–H and O–H groups in total. The van der Waals surface area contributed by atoms with E-state index in [0.717, 1.165) is 38.0 Å². The molecule has 5 nitrogen and oxygen atoms in total. The van der Waals surface area contributed by atoms with Gasteiger partial charge in [-0.05, 0) is 70.4 Å². The zero-order valence-electron chi connectivity index (χ0n) is 16.8. The molecule has 0 aliphatic carbocycles. The van der Waals surface area contributed by atoms with Crippen LogP contribution in [0.15, 0.2) is 0 Å². The number of methoxy groups -OCH3 is 2. The molecule has 0 radical (unpaired) electrons. The molecule has 0 bridgehead atoms. The lowest BCUT2D eigenvalue weighted by atomic mass is 9.84. The highest BCUT2D eigenvalue weighted by atomic mass is 16.5. The van der Waals surface area contributed by atoms with Crippen LogP contribution in [0.4, 0.5) is 0 Å². The van der Waals surface area contributed by atoms with Gasteiger partial charge < -0.3 is 19.3 Å². The number of nitrogens with zero attached hydrogens (tertiary/aromatic N) is 2. The van der Waals surface area contributed by atoms with E-state index in [1.54, 1.807) is 7.11 Å². The monoisotopic (exact) mass is 366 g/mol. The Bertz CT molecular complexity index is 441. The second kappa shape index (κ2) is 10.0. The SMILES string of the molecule is COC1CCC(=O)N2CCCCC12.COCC1CCCN2CCCCC12. The maximum Gasteiger partial charge on any atom is 0.223 e. The molecule has 5 heteroatoms. The van der Waals surface area contributed by atoms with E-state index in [-0.39, 0.29) is 6.10 Å². The van der Waals surface area contributed by atoms with Crippen LogP contribution in [0.25, 0.3) is 0 Å². The van der Waals surface area contributed by atoms with E-state index >= 15 is 0 Å². The number of carbonyl (C=O) groups excluding carboxylic acids is 1. The third-order valence-corrected chi connectivity index (χ3v) is 6.85. The summed E-state index contributed by atoms with van der Waals surface area (Å²) < 4.78 is 10.7. The van der Waals surface area contributed by atoms with Gasteiger partial charge in [0.1, 0.15) is 0 Å². The first-order valence-electron chi connectivity index (χ1n) is 10.8. The van der Waals surface area contributed by atoms with Gasteiger partial charge in [-0.1, -0.05) is 6.42 Å². The second-order valence-corrected chi connectivity index (χ2v) is 8.42. The summed E-state index contributed by atoms with van der Waals surface area (Å²) in [6.07, 6.45) is 12.4. The number of amides is 1. The average molecular weight is 367 g/mol. The highest BCUT2D eigenvalue weighted by Crippen LogP contribution is 2.31. The summed E-state index contributed by atoms with van der Waals surface area (Å²) in [7, 11) is 3.59. The van der Waals surface area contributed by atoms with Crippen molar-refractivity contribution in [2.45, 2.75) is 82.4 Å². The number of piperidine rings is 4. The summed E-state index contributed by atoms with van der Waals surface area (Å²) in [5, 5.41) is 0. The van der Waals surface area contributed by atoms with Gasteiger partial charge in [-0.25, -0.2) is 0 Å². The van der Waals surface area contributed by atoms with Gasteiger partial charge in [-0.15, -0.1) is 0 Å². The van der Waals surface area contributed by atoms with Gasteiger partial charge in [0.2, 0.25) is 5.91 Å². The molecule has 0 aromatic carbocycles. The largest absolute Gasteiger partial charge is 0.384 e. The van der Waals surface area contributed by atoms with Gasteiger partial charge in [-0.2, -0.15) is 0 Å². The van der Waals surface area contributed by atoms with Crippen molar-refractivity contribution < 1.29 is 14.3 Å². The quantitative estimate of drug-likeness (QED) is 0.770. The maximum absolute atomic E-state index is 11.6. The minimum atomic E-state index is 0.290.